The number of hydrogen-bond donors (Lipinski definition) is 0. The molecule has 0 saturated carbocycles. The van der Waals surface area contributed by atoms with Crippen LogP contribution in [0, 0.1) is 6.07 Å². The number of anilines is 1. The quantitative estimate of drug-likeness (QED) is 0.809. The normalized spacial score (nSPS) is 22.7. The van der Waals surface area contributed by atoms with Crippen molar-refractivity contribution in [3.05, 3.63) is 29.8 Å². The molecule has 2 saturated heterocycles. The summed E-state index contributed by atoms with van der Waals surface area (Å²) in [6.07, 6.45) is 2.28. The second-order valence-corrected chi connectivity index (χ2v) is 5.68. The van der Waals surface area contributed by atoms with E-state index in [9.17, 15) is 0 Å². The van der Waals surface area contributed by atoms with Gasteiger partial charge in [0.25, 0.3) is 0 Å². The predicted octanol–water partition coefficient (Wildman–Crippen LogP) is 2.13. The molecule has 3 rings (SSSR count). The Hall–Kier alpha value is -1.06. The highest BCUT2D eigenvalue weighted by Gasteiger charge is 2.18. The summed E-state index contributed by atoms with van der Waals surface area (Å²) in [7, 11) is 2.20. The zero-order chi connectivity index (χ0) is 13.1. The molecule has 3 nitrogen and oxygen atoms in total. The summed E-state index contributed by atoms with van der Waals surface area (Å²) in [5, 5.41) is 0. The van der Waals surface area contributed by atoms with Crippen molar-refractivity contribution in [1.29, 1.82) is 0 Å². The van der Waals surface area contributed by atoms with E-state index in [0.717, 1.165) is 52.2 Å². The number of piperazine rings is 1. The minimum Gasteiger partial charge on any atom is -0.381 e. The van der Waals surface area contributed by atoms with Gasteiger partial charge in [-0.2, -0.15) is 0 Å². The van der Waals surface area contributed by atoms with Crippen LogP contribution in [0.4, 0.5) is 5.69 Å². The molecular weight excluding hydrogens is 236 g/mol. The highest BCUT2D eigenvalue weighted by atomic mass is 16.5. The Bertz CT molecular complexity index is 407. The van der Waals surface area contributed by atoms with Gasteiger partial charge < -0.3 is 14.5 Å². The smallest absolute Gasteiger partial charge is 0.0471 e. The first-order chi connectivity index (χ1) is 9.33. The third-order valence-corrected chi connectivity index (χ3v) is 4.34. The molecule has 2 heterocycles. The standard InChI is InChI=1S/C16H23N2O/c1-17-7-9-18(10-8-17)16-4-2-3-15(13-16)14-5-11-19-12-6-14/h2,4,13-14H,5-12H2,1H3. The maximum Gasteiger partial charge on any atom is 0.0471 e. The maximum absolute atomic E-state index is 5.45. The molecule has 3 heteroatoms. The van der Waals surface area contributed by atoms with Gasteiger partial charge in [-0.25, -0.2) is 0 Å². The van der Waals surface area contributed by atoms with E-state index in [0.29, 0.717) is 5.92 Å². The monoisotopic (exact) mass is 259 g/mol. The number of benzene rings is 1. The van der Waals surface area contributed by atoms with Crippen molar-refractivity contribution in [1.82, 2.24) is 4.90 Å². The van der Waals surface area contributed by atoms with Gasteiger partial charge >= 0.3 is 0 Å². The van der Waals surface area contributed by atoms with E-state index >= 15 is 0 Å². The molecule has 2 aliphatic heterocycles. The van der Waals surface area contributed by atoms with Crippen molar-refractivity contribution in [3.8, 4) is 0 Å². The zero-order valence-corrected chi connectivity index (χ0v) is 11.8. The van der Waals surface area contributed by atoms with Gasteiger partial charge in [-0.1, -0.05) is 6.07 Å². The highest BCUT2D eigenvalue weighted by molar-refractivity contribution is 5.49. The Morgan fingerprint density at radius 2 is 1.89 bits per heavy atom. The van der Waals surface area contributed by atoms with Crippen LogP contribution >= 0.6 is 0 Å². The molecule has 1 aromatic rings. The summed E-state index contributed by atoms with van der Waals surface area (Å²) >= 11 is 0. The van der Waals surface area contributed by atoms with Crippen LogP contribution in [0.3, 0.4) is 0 Å². The topological polar surface area (TPSA) is 15.7 Å². The molecule has 0 unspecified atom stereocenters. The molecule has 2 aliphatic rings. The molecule has 0 amide bonds. The van der Waals surface area contributed by atoms with Crippen LogP contribution in [0.15, 0.2) is 18.2 Å². The molecule has 19 heavy (non-hydrogen) atoms. The van der Waals surface area contributed by atoms with E-state index in [1.807, 2.05) is 0 Å². The summed E-state index contributed by atoms with van der Waals surface area (Å²) in [5.41, 5.74) is 2.74. The maximum atomic E-state index is 5.45. The Kier molecular flexibility index (Phi) is 4.04. The van der Waals surface area contributed by atoms with Gasteiger partial charge in [-0.3, -0.25) is 0 Å². The molecule has 1 radical (unpaired) electrons. The van der Waals surface area contributed by atoms with E-state index in [4.69, 9.17) is 4.74 Å². The largest absolute Gasteiger partial charge is 0.381 e. The van der Waals surface area contributed by atoms with Crippen LogP contribution in [-0.2, 0) is 4.74 Å². The van der Waals surface area contributed by atoms with Gasteiger partial charge in [-0.05, 0) is 49.6 Å². The molecule has 103 valence electrons. The van der Waals surface area contributed by atoms with Crippen LogP contribution in [0.1, 0.15) is 24.3 Å². The van der Waals surface area contributed by atoms with Crippen LogP contribution in [0.25, 0.3) is 0 Å². The summed E-state index contributed by atoms with van der Waals surface area (Å²) < 4.78 is 5.45. The lowest BCUT2D eigenvalue weighted by molar-refractivity contribution is 0.0853. The third kappa shape index (κ3) is 3.10. The van der Waals surface area contributed by atoms with Gasteiger partial charge in [-0.15, -0.1) is 0 Å². The van der Waals surface area contributed by atoms with Crippen molar-refractivity contribution in [2.24, 2.45) is 0 Å². The number of likely N-dealkylation sites (N-methyl/N-ethyl adjacent to an activating group) is 1. The lowest BCUT2D eigenvalue weighted by Gasteiger charge is -2.34. The first-order valence-electron chi connectivity index (χ1n) is 7.36. The van der Waals surface area contributed by atoms with Crippen LogP contribution in [-0.4, -0.2) is 51.3 Å². The summed E-state index contributed by atoms with van der Waals surface area (Å²) in [5.74, 6) is 0.640. The third-order valence-electron chi connectivity index (χ3n) is 4.34. The SMILES string of the molecule is CN1CCN(c2cc[c]c(C3CCOCC3)c2)CC1. The first-order valence-corrected chi connectivity index (χ1v) is 7.36. The van der Waals surface area contributed by atoms with Gasteiger partial charge in [0.15, 0.2) is 0 Å². The molecule has 0 aliphatic carbocycles. The summed E-state index contributed by atoms with van der Waals surface area (Å²) in [6, 6.07) is 10.1. The summed E-state index contributed by atoms with van der Waals surface area (Å²) in [4.78, 5) is 4.89. The van der Waals surface area contributed by atoms with Gasteiger partial charge in [0.1, 0.15) is 0 Å². The van der Waals surface area contributed by atoms with Gasteiger partial charge in [0, 0.05) is 45.1 Å². The molecule has 0 atom stereocenters. The molecule has 0 bridgehead atoms. The molecule has 2 fully saturated rings. The van der Waals surface area contributed by atoms with Crippen molar-refractivity contribution in [2.45, 2.75) is 18.8 Å². The molecular formula is C16H23N2O. The molecule has 0 aromatic heterocycles. The molecule has 0 spiro atoms. The Labute approximate surface area is 116 Å². The average molecular weight is 259 g/mol. The predicted molar refractivity (Wildman–Crippen MR) is 77.8 cm³/mol. The van der Waals surface area contributed by atoms with Gasteiger partial charge in [0.2, 0.25) is 0 Å². The van der Waals surface area contributed by atoms with E-state index in [-0.39, 0.29) is 0 Å². The van der Waals surface area contributed by atoms with Crippen molar-refractivity contribution in [3.63, 3.8) is 0 Å². The van der Waals surface area contributed by atoms with Crippen LogP contribution < -0.4 is 4.90 Å². The highest BCUT2D eigenvalue weighted by Crippen LogP contribution is 2.29. The fraction of sp³-hybridized carbons (Fsp3) is 0.625. The van der Waals surface area contributed by atoms with E-state index in [1.165, 1.54) is 11.3 Å². The fourth-order valence-corrected chi connectivity index (χ4v) is 2.98. The number of nitrogens with zero attached hydrogens (tertiary/aromatic N) is 2. The van der Waals surface area contributed by atoms with E-state index < -0.39 is 0 Å². The fourth-order valence-electron chi connectivity index (χ4n) is 2.98. The Morgan fingerprint density at radius 1 is 1.16 bits per heavy atom. The summed E-state index contributed by atoms with van der Waals surface area (Å²) in [6.45, 7) is 6.38. The van der Waals surface area contributed by atoms with Crippen molar-refractivity contribution >= 4 is 5.69 Å². The van der Waals surface area contributed by atoms with E-state index in [2.05, 4.69) is 41.1 Å². The zero-order valence-electron chi connectivity index (χ0n) is 11.8. The van der Waals surface area contributed by atoms with Crippen molar-refractivity contribution < 1.29 is 4.74 Å². The van der Waals surface area contributed by atoms with Crippen molar-refractivity contribution in [2.75, 3.05) is 51.3 Å². The van der Waals surface area contributed by atoms with Gasteiger partial charge in [0.05, 0.1) is 0 Å². The second kappa shape index (κ2) is 5.93. The number of hydrogen-bond acceptors (Lipinski definition) is 3. The Balaban J connectivity index is 1.72. The minimum atomic E-state index is 0.640. The molecule has 0 N–H and O–H groups in total. The molecule has 1 aromatic carbocycles. The second-order valence-electron chi connectivity index (χ2n) is 5.68. The minimum absolute atomic E-state index is 0.640. The van der Waals surface area contributed by atoms with Crippen LogP contribution in [0.2, 0.25) is 0 Å². The number of rotatable bonds is 2. The number of ether oxygens (including phenoxy) is 1. The Morgan fingerprint density at radius 3 is 2.63 bits per heavy atom. The first kappa shape index (κ1) is 12.9. The van der Waals surface area contributed by atoms with E-state index in [1.54, 1.807) is 0 Å². The lowest BCUT2D eigenvalue weighted by Crippen LogP contribution is -2.44. The average Bonchev–Trinajstić information content (AvgIpc) is 2.49. The lowest BCUT2D eigenvalue weighted by atomic mass is 9.91. The van der Waals surface area contributed by atoms with Crippen LogP contribution in [0.5, 0.6) is 0 Å².